The molecule has 1 rings (SSSR count). The fourth-order valence-corrected chi connectivity index (χ4v) is 0.712. The van der Waals surface area contributed by atoms with E-state index in [1.54, 1.807) is 18.2 Å². The van der Waals surface area contributed by atoms with Gasteiger partial charge in [-0.1, -0.05) is 6.08 Å². The summed E-state index contributed by atoms with van der Waals surface area (Å²) >= 11 is 0. The summed E-state index contributed by atoms with van der Waals surface area (Å²) in [5.74, 6) is 1.13. The molecule has 0 bridgehead atoms. The molecule has 12 heavy (non-hydrogen) atoms. The first-order chi connectivity index (χ1) is 5.72. The van der Waals surface area contributed by atoms with Gasteiger partial charge in [0.2, 0.25) is 0 Å². The monoisotopic (exact) mass is 164 g/mol. The lowest BCUT2D eigenvalue weighted by Gasteiger charge is -2.08. The molecule has 0 spiro atoms. The van der Waals surface area contributed by atoms with E-state index in [0.717, 1.165) is 0 Å². The van der Waals surface area contributed by atoms with Crippen LogP contribution < -0.4 is 11.1 Å². The van der Waals surface area contributed by atoms with E-state index in [2.05, 4.69) is 22.1 Å². The van der Waals surface area contributed by atoms with Crippen LogP contribution in [-0.2, 0) is 0 Å². The molecule has 4 nitrogen and oxygen atoms in total. The predicted octanol–water partition coefficient (Wildman–Crippen LogP) is 1.05. The molecular formula is C8H12N4. The van der Waals surface area contributed by atoms with E-state index in [4.69, 9.17) is 5.73 Å². The molecule has 1 unspecified atom stereocenters. The average molecular weight is 164 g/mol. The number of nitrogen functional groups attached to an aromatic ring is 1. The van der Waals surface area contributed by atoms with Crippen LogP contribution in [0.3, 0.4) is 0 Å². The third-order valence-electron chi connectivity index (χ3n) is 1.41. The van der Waals surface area contributed by atoms with Gasteiger partial charge in [-0.2, -0.15) is 0 Å². The van der Waals surface area contributed by atoms with Crippen molar-refractivity contribution in [2.24, 2.45) is 0 Å². The molecule has 4 heteroatoms. The molecule has 3 N–H and O–H groups in total. The molecule has 1 heterocycles. The first-order valence-electron chi connectivity index (χ1n) is 3.70. The van der Waals surface area contributed by atoms with Gasteiger partial charge in [0.15, 0.2) is 0 Å². The molecule has 0 aromatic carbocycles. The molecule has 0 saturated carbocycles. The maximum absolute atomic E-state index is 5.37. The summed E-state index contributed by atoms with van der Waals surface area (Å²) in [4.78, 5) is 0. The van der Waals surface area contributed by atoms with Crippen LogP contribution in [-0.4, -0.2) is 16.2 Å². The Bertz CT molecular complexity index is 254. The molecule has 1 aromatic heterocycles. The third kappa shape index (κ3) is 2.23. The summed E-state index contributed by atoms with van der Waals surface area (Å²) < 4.78 is 0. The summed E-state index contributed by atoms with van der Waals surface area (Å²) in [6.45, 7) is 5.62. The second-order valence-electron chi connectivity index (χ2n) is 2.51. The van der Waals surface area contributed by atoms with Crippen LogP contribution in [0.4, 0.5) is 11.6 Å². The van der Waals surface area contributed by atoms with Gasteiger partial charge in [0.25, 0.3) is 0 Å². The average Bonchev–Trinajstić information content (AvgIpc) is 2.09. The maximum atomic E-state index is 5.37. The summed E-state index contributed by atoms with van der Waals surface area (Å²) in [6.07, 6.45) is 1.79. The Hall–Kier alpha value is -1.58. The maximum Gasteiger partial charge on any atom is 0.149 e. The molecule has 0 aliphatic rings. The van der Waals surface area contributed by atoms with Crippen LogP contribution in [0.15, 0.2) is 24.8 Å². The highest BCUT2D eigenvalue weighted by atomic mass is 15.2. The van der Waals surface area contributed by atoms with Crippen LogP contribution in [0.25, 0.3) is 0 Å². The second kappa shape index (κ2) is 3.71. The Kier molecular flexibility index (Phi) is 2.63. The quantitative estimate of drug-likeness (QED) is 0.655. The smallest absolute Gasteiger partial charge is 0.149 e. The summed E-state index contributed by atoms with van der Waals surface area (Å²) in [7, 11) is 0. The van der Waals surface area contributed by atoms with Crippen LogP contribution in [0.5, 0.6) is 0 Å². The van der Waals surface area contributed by atoms with Crippen molar-refractivity contribution in [3.05, 3.63) is 24.8 Å². The number of anilines is 2. The molecule has 0 aliphatic heterocycles. The Morgan fingerprint density at radius 2 is 2.33 bits per heavy atom. The molecule has 0 aliphatic carbocycles. The molecule has 0 radical (unpaired) electrons. The van der Waals surface area contributed by atoms with E-state index in [1.807, 2.05) is 6.92 Å². The lowest BCUT2D eigenvalue weighted by molar-refractivity contribution is 0.949. The fourth-order valence-electron chi connectivity index (χ4n) is 0.712. The van der Waals surface area contributed by atoms with Crippen molar-refractivity contribution in [2.75, 3.05) is 11.1 Å². The van der Waals surface area contributed by atoms with Gasteiger partial charge in [0.05, 0.1) is 0 Å². The zero-order chi connectivity index (χ0) is 8.97. The van der Waals surface area contributed by atoms with Crippen LogP contribution in [0.1, 0.15) is 6.92 Å². The van der Waals surface area contributed by atoms with Crippen LogP contribution in [0.2, 0.25) is 0 Å². The summed E-state index contributed by atoms with van der Waals surface area (Å²) in [5.41, 5.74) is 5.37. The van der Waals surface area contributed by atoms with Crippen molar-refractivity contribution in [3.8, 4) is 0 Å². The number of nitrogens with zero attached hydrogens (tertiary/aromatic N) is 2. The van der Waals surface area contributed by atoms with Crippen LogP contribution >= 0.6 is 0 Å². The summed E-state index contributed by atoms with van der Waals surface area (Å²) in [5, 5.41) is 10.6. The minimum absolute atomic E-state index is 0.183. The second-order valence-corrected chi connectivity index (χ2v) is 2.51. The van der Waals surface area contributed by atoms with Gasteiger partial charge in [-0.25, -0.2) is 0 Å². The Morgan fingerprint density at radius 3 is 2.83 bits per heavy atom. The number of rotatable bonds is 3. The van der Waals surface area contributed by atoms with Gasteiger partial charge in [-0.15, -0.1) is 16.8 Å². The van der Waals surface area contributed by atoms with Crippen LogP contribution in [0, 0.1) is 0 Å². The van der Waals surface area contributed by atoms with E-state index in [-0.39, 0.29) is 6.04 Å². The standard InChI is InChI=1S/C8H12N4/c1-3-6(2)10-8-5-4-7(9)11-12-8/h3-6H,1H2,2H3,(H2,9,11)(H,10,12). The SMILES string of the molecule is C=CC(C)Nc1ccc(N)nn1. The van der Waals surface area contributed by atoms with Crippen molar-refractivity contribution < 1.29 is 0 Å². The molecule has 1 atom stereocenters. The lowest BCUT2D eigenvalue weighted by Crippen LogP contribution is -2.12. The molecule has 1 aromatic rings. The highest BCUT2D eigenvalue weighted by molar-refractivity contribution is 5.39. The molecule has 0 saturated heterocycles. The van der Waals surface area contributed by atoms with Gasteiger partial charge >= 0.3 is 0 Å². The topological polar surface area (TPSA) is 63.8 Å². The molecule has 64 valence electrons. The number of nitrogens with two attached hydrogens (primary N) is 1. The normalized spacial score (nSPS) is 12.1. The Balaban J connectivity index is 2.64. The van der Waals surface area contributed by atoms with Crippen molar-refractivity contribution in [1.82, 2.24) is 10.2 Å². The summed E-state index contributed by atoms with van der Waals surface area (Å²) in [6, 6.07) is 3.66. The van der Waals surface area contributed by atoms with Gasteiger partial charge in [0, 0.05) is 6.04 Å². The molecular weight excluding hydrogens is 152 g/mol. The highest BCUT2D eigenvalue weighted by Gasteiger charge is 1.97. The lowest BCUT2D eigenvalue weighted by atomic mass is 10.3. The first-order valence-corrected chi connectivity index (χ1v) is 3.70. The number of nitrogens with one attached hydrogen (secondary N) is 1. The van der Waals surface area contributed by atoms with Crippen molar-refractivity contribution in [2.45, 2.75) is 13.0 Å². The van der Waals surface area contributed by atoms with Gasteiger partial charge < -0.3 is 11.1 Å². The zero-order valence-electron chi connectivity index (χ0n) is 6.99. The zero-order valence-corrected chi connectivity index (χ0v) is 6.99. The van der Waals surface area contributed by atoms with Crippen molar-refractivity contribution >= 4 is 11.6 Å². The van der Waals surface area contributed by atoms with E-state index < -0.39 is 0 Å². The number of hydrogen-bond acceptors (Lipinski definition) is 4. The predicted molar refractivity (Wildman–Crippen MR) is 49.7 cm³/mol. The van der Waals surface area contributed by atoms with E-state index in [1.165, 1.54) is 0 Å². The number of hydrogen-bond donors (Lipinski definition) is 2. The third-order valence-corrected chi connectivity index (χ3v) is 1.41. The van der Waals surface area contributed by atoms with E-state index in [0.29, 0.717) is 11.6 Å². The van der Waals surface area contributed by atoms with Crippen molar-refractivity contribution in [3.63, 3.8) is 0 Å². The first kappa shape index (κ1) is 8.52. The molecule has 0 fully saturated rings. The minimum Gasteiger partial charge on any atom is -0.382 e. The van der Waals surface area contributed by atoms with E-state index >= 15 is 0 Å². The fraction of sp³-hybridized carbons (Fsp3) is 0.250. The Labute approximate surface area is 71.5 Å². The van der Waals surface area contributed by atoms with Crippen molar-refractivity contribution in [1.29, 1.82) is 0 Å². The minimum atomic E-state index is 0.183. The number of aromatic nitrogens is 2. The Morgan fingerprint density at radius 1 is 1.58 bits per heavy atom. The highest BCUT2D eigenvalue weighted by Crippen LogP contribution is 2.04. The van der Waals surface area contributed by atoms with E-state index in [9.17, 15) is 0 Å². The van der Waals surface area contributed by atoms with Gasteiger partial charge in [0.1, 0.15) is 11.6 Å². The van der Waals surface area contributed by atoms with Gasteiger partial charge in [-0.05, 0) is 19.1 Å². The largest absolute Gasteiger partial charge is 0.382 e. The van der Waals surface area contributed by atoms with Gasteiger partial charge in [-0.3, -0.25) is 0 Å². The molecule has 0 amide bonds.